The maximum Gasteiger partial charge on any atom is 0.412 e. The predicted octanol–water partition coefficient (Wildman–Crippen LogP) is 6.01. The Labute approximate surface area is 214 Å². The van der Waals surface area contributed by atoms with E-state index in [1.54, 1.807) is 48.5 Å². The van der Waals surface area contributed by atoms with Crippen LogP contribution in [0.15, 0.2) is 97.1 Å². The highest BCUT2D eigenvalue weighted by Gasteiger charge is 2.18. The van der Waals surface area contributed by atoms with Crippen molar-refractivity contribution in [2.75, 3.05) is 23.5 Å². The highest BCUT2D eigenvalue weighted by atomic mass is 16.6. The number of nitrogens with two attached hydrogens (primary N) is 1. The van der Waals surface area contributed by atoms with Gasteiger partial charge in [-0.15, -0.1) is 0 Å². The smallest absolute Gasteiger partial charge is 0.412 e. The fourth-order valence-electron chi connectivity index (χ4n) is 3.85. The van der Waals surface area contributed by atoms with Crippen molar-refractivity contribution < 1.29 is 24.2 Å². The van der Waals surface area contributed by atoms with Crippen molar-refractivity contribution in [2.24, 2.45) is 0 Å². The number of hydrogen-bond acceptors (Lipinski definition) is 6. The van der Waals surface area contributed by atoms with Crippen molar-refractivity contribution in [3.05, 3.63) is 103 Å². The highest BCUT2D eigenvalue weighted by molar-refractivity contribution is 6.01. The maximum atomic E-state index is 12.9. The molecule has 188 valence electrons. The second-order valence-electron chi connectivity index (χ2n) is 8.19. The molecular weight excluding hydrogens is 470 g/mol. The first-order chi connectivity index (χ1) is 17.9. The molecule has 0 unspecified atom stereocenters. The lowest BCUT2D eigenvalue weighted by Gasteiger charge is -2.19. The molecule has 1 atom stereocenters. The third-order valence-electron chi connectivity index (χ3n) is 5.69. The summed E-state index contributed by atoms with van der Waals surface area (Å²) >= 11 is 0. The molecule has 0 saturated heterocycles. The normalized spacial score (nSPS) is 11.7. The molecular formula is C29H27N3O5. The summed E-state index contributed by atoms with van der Waals surface area (Å²) in [6.07, 6.45) is 1.64. The van der Waals surface area contributed by atoms with Crippen molar-refractivity contribution in [1.29, 1.82) is 0 Å². The molecule has 0 aliphatic carbocycles. The Morgan fingerprint density at radius 3 is 2.46 bits per heavy atom. The second-order valence-corrected chi connectivity index (χ2v) is 8.19. The van der Waals surface area contributed by atoms with Crippen LogP contribution in [0.25, 0.3) is 10.8 Å². The van der Waals surface area contributed by atoms with Crippen molar-refractivity contribution in [2.45, 2.75) is 12.5 Å². The van der Waals surface area contributed by atoms with Gasteiger partial charge in [0.25, 0.3) is 0 Å². The average Bonchev–Trinajstić information content (AvgIpc) is 2.89. The van der Waals surface area contributed by atoms with E-state index in [1.165, 1.54) is 19.3 Å². The van der Waals surface area contributed by atoms with E-state index >= 15 is 0 Å². The standard InChI is InChI=1S/C29H27N3O5/c1-36-27-17-16-20(18-25(27)33)26(14-7-15-28(34)31-24-12-5-4-11-22(24)30)37-29(35)32-23-13-6-9-19-8-2-3-10-21(19)23/h2-13,15-18,26,33H,14,30H2,1H3,(H,31,34)(H,32,35)/b15-7+/t26-/m0/s1. The molecule has 0 bridgehead atoms. The van der Waals surface area contributed by atoms with Gasteiger partial charge in [0.2, 0.25) is 5.91 Å². The number of para-hydroxylation sites is 2. The van der Waals surface area contributed by atoms with E-state index in [2.05, 4.69) is 10.6 Å². The van der Waals surface area contributed by atoms with Gasteiger partial charge < -0.3 is 25.6 Å². The number of hydrogen-bond donors (Lipinski definition) is 4. The van der Waals surface area contributed by atoms with Crippen LogP contribution in [-0.2, 0) is 9.53 Å². The molecule has 0 radical (unpaired) electrons. The van der Waals surface area contributed by atoms with Crippen molar-refractivity contribution >= 4 is 39.8 Å². The summed E-state index contributed by atoms with van der Waals surface area (Å²) in [7, 11) is 1.45. The van der Waals surface area contributed by atoms with E-state index in [-0.39, 0.29) is 23.8 Å². The SMILES string of the molecule is COc1ccc([C@H](C/C=C/C(=O)Nc2ccccc2N)OC(=O)Nc2cccc3ccccc23)cc1O. The molecule has 0 aliphatic heterocycles. The van der Waals surface area contributed by atoms with Crippen LogP contribution in [0.3, 0.4) is 0 Å². The molecule has 4 aromatic rings. The molecule has 4 rings (SSSR count). The second kappa shape index (κ2) is 11.6. The molecule has 0 heterocycles. The fourth-order valence-corrected chi connectivity index (χ4v) is 3.85. The first-order valence-corrected chi connectivity index (χ1v) is 11.6. The summed E-state index contributed by atoms with van der Waals surface area (Å²) in [6, 6.07) is 24.9. The van der Waals surface area contributed by atoms with Gasteiger partial charge in [-0.1, -0.05) is 60.7 Å². The Bertz CT molecular complexity index is 1450. The van der Waals surface area contributed by atoms with E-state index in [1.807, 2.05) is 36.4 Å². The van der Waals surface area contributed by atoms with E-state index in [4.69, 9.17) is 15.2 Å². The lowest BCUT2D eigenvalue weighted by atomic mass is 10.1. The summed E-state index contributed by atoms with van der Waals surface area (Å²) < 4.78 is 10.8. The number of ether oxygens (including phenoxy) is 2. The maximum absolute atomic E-state index is 12.9. The van der Waals surface area contributed by atoms with E-state index in [0.29, 0.717) is 22.6 Å². The number of nitrogen functional groups attached to an aromatic ring is 1. The fraction of sp³-hybridized carbons (Fsp3) is 0.103. The lowest BCUT2D eigenvalue weighted by molar-refractivity contribution is -0.111. The molecule has 5 N–H and O–H groups in total. The van der Waals surface area contributed by atoms with E-state index in [0.717, 1.165) is 10.8 Å². The number of phenols is 1. The molecule has 4 aromatic carbocycles. The first kappa shape index (κ1) is 25.1. The van der Waals surface area contributed by atoms with Gasteiger partial charge in [-0.3, -0.25) is 10.1 Å². The summed E-state index contributed by atoms with van der Waals surface area (Å²) in [5.41, 5.74) is 7.96. The predicted molar refractivity (Wildman–Crippen MR) is 145 cm³/mol. The summed E-state index contributed by atoms with van der Waals surface area (Å²) in [6.45, 7) is 0. The minimum absolute atomic E-state index is 0.0932. The Hall–Kier alpha value is -4.98. The van der Waals surface area contributed by atoms with Gasteiger partial charge in [-0.05, 0) is 47.4 Å². The molecule has 0 aliphatic rings. The van der Waals surface area contributed by atoms with Gasteiger partial charge in [0.15, 0.2) is 11.5 Å². The van der Waals surface area contributed by atoms with Gasteiger partial charge in [0.05, 0.1) is 24.2 Å². The van der Waals surface area contributed by atoms with Gasteiger partial charge in [-0.2, -0.15) is 0 Å². The van der Waals surface area contributed by atoms with Crippen LogP contribution in [0.2, 0.25) is 0 Å². The zero-order valence-electron chi connectivity index (χ0n) is 20.2. The third-order valence-corrected chi connectivity index (χ3v) is 5.69. The van der Waals surface area contributed by atoms with Crippen LogP contribution in [0.5, 0.6) is 11.5 Å². The summed E-state index contributed by atoms with van der Waals surface area (Å²) in [5, 5.41) is 17.6. The number of aromatic hydroxyl groups is 1. The van der Waals surface area contributed by atoms with Gasteiger partial charge in [-0.25, -0.2) is 4.79 Å². The number of amides is 2. The molecule has 37 heavy (non-hydrogen) atoms. The number of rotatable bonds is 8. The van der Waals surface area contributed by atoms with Crippen molar-refractivity contribution in [3.63, 3.8) is 0 Å². The van der Waals surface area contributed by atoms with Crippen LogP contribution in [-0.4, -0.2) is 24.2 Å². The van der Waals surface area contributed by atoms with Gasteiger partial charge >= 0.3 is 6.09 Å². The van der Waals surface area contributed by atoms with E-state index in [9.17, 15) is 14.7 Å². The Morgan fingerprint density at radius 1 is 0.946 bits per heavy atom. The number of fused-ring (bicyclic) bond motifs is 1. The number of anilines is 3. The molecule has 8 heteroatoms. The summed E-state index contributed by atoms with van der Waals surface area (Å²) in [4.78, 5) is 25.3. The Kier molecular flexibility index (Phi) is 7.90. The van der Waals surface area contributed by atoms with E-state index < -0.39 is 12.2 Å². The molecule has 0 aromatic heterocycles. The number of methoxy groups -OCH3 is 1. The Balaban J connectivity index is 1.50. The minimum atomic E-state index is -0.794. The zero-order valence-corrected chi connectivity index (χ0v) is 20.2. The van der Waals surface area contributed by atoms with Crippen LogP contribution >= 0.6 is 0 Å². The first-order valence-electron chi connectivity index (χ1n) is 11.6. The number of carbonyl (C=O) groups excluding carboxylic acids is 2. The summed E-state index contributed by atoms with van der Waals surface area (Å²) in [5.74, 6) is -0.183. The molecule has 2 amide bonds. The molecule has 8 nitrogen and oxygen atoms in total. The van der Waals surface area contributed by atoms with Gasteiger partial charge in [0, 0.05) is 11.8 Å². The topological polar surface area (TPSA) is 123 Å². The number of carbonyl (C=O) groups is 2. The quantitative estimate of drug-likeness (QED) is 0.175. The lowest BCUT2D eigenvalue weighted by Crippen LogP contribution is -2.18. The Morgan fingerprint density at radius 2 is 1.68 bits per heavy atom. The minimum Gasteiger partial charge on any atom is -0.504 e. The van der Waals surface area contributed by atoms with Gasteiger partial charge in [0.1, 0.15) is 6.10 Å². The highest BCUT2D eigenvalue weighted by Crippen LogP contribution is 2.32. The number of nitrogens with one attached hydrogen (secondary N) is 2. The molecule has 0 spiro atoms. The average molecular weight is 498 g/mol. The van der Waals surface area contributed by atoms with Crippen LogP contribution < -0.4 is 21.1 Å². The molecule has 0 saturated carbocycles. The van der Waals surface area contributed by atoms with Crippen LogP contribution in [0.1, 0.15) is 18.1 Å². The number of benzene rings is 4. The third kappa shape index (κ3) is 6.37. The van der Waals surface area contributed by atoms with Crippen molar-refractivity contribution in [3.8, 4) is 11.5 Å². The monoisotopic (exact) mass is 497 g/mol. The van der Waals surface area contributed by atoms with Crippen LogP contribution in [0.4, 0.5) is 21.9 Å². The molecule has 0 fully saturated rings. The zero-order chi connectivity index (χ0) is 26.2. The number of phenolic OH excluding ortho intramolecular Hbond substituents is 1. The van der Waals surface area contributed by atoms with Crippen molar-refractivity contribution in [1.82, 2.24) is 0 Å². The largest absolute Gasteiger partial charge is 0.504 e. The van der Waals surface area contributed by atoms with Crippen LogP contribution in [0, 0.1) is 0 Å².